The van der Waals surface area contributed by atoms with Crippen LogP contribution < -0.4 is 4.74 Å². The first-order chi connectivity index (χ1) is 7.27. The second-order valence-electron chi connectivity index (χ2n) is 3.03. The molecule has 0 unspecified atom stereocenters. The van der Waals surface area contributed by atoms with Crippen LogP contribution in [-0.2, 0) is 6.18 Å². The molecule has 0 spiro atoms. The molecule has 1 rings (SSSR count). The van der Waals surface area contributed by atoms with Crippen molar-refractivity contribution in [2.75, 3.05) is 7.11 Å². The Kier molecular flexibility index (Phi) is 3.35. The van der Waals surface area contributed by atoms with Gasteiger partial charge in [0.05, 0.1) is 12.7 Å². The van der Waals surface area contributed by atoms with Gasteiger partial charge in [-0.15, -0.1) is 0 Å². The summed E-state index contributed by atoms with van der Waals surface area (Å²) in [6, 6.07) is 1.04. The highest BCUT2D eigenvalue weighted by Gasteiger charge is 2.39. The maximum atomic E-state index is 12.5. The van der Waals surface area contributed by atoms with Crippen LogP contribution in [0.3, 0.4) is 0 Å². The lowest BCUT2D eigenvalue weighted by Crippen LogP contribution is -2.14. The van der Waals surface area contributed by atoms with Gasteiger partial charge in [0.2, 0.25) is 0 Å². The standard InChI is InChI=1S/C9H8F5NO/c1-4-3-5(16-2)6(8(10)11)7(15-4)9(12,13)14/h3,8H,1-2H3. The van der Waals surface area contributed by atoms with Gasteiger partial charge in [0.25, 0.3) is 6.43 Å². The molecule has 0 atom stereocenters. The zero-order valence-corrected chi connectivity index (χ0v) is 8.40. The number of aryl methyl sites for hydroxylation is 1. The van der Waals surface area contributed by atoms with E-state index in [1.54, 1.807) is 0 Å². The van der Waals surface area contributed by atoms with Crippen LogP contribution >= 0.6 is 0 Å². The van der Waals surface area contributed by atoms with Gasteiger partial charge >= 0.3 is 6.18 Å². The van der Waals surface area contributed by atoms with Crippen molar-refractivity contribution in [2.24, 2.45) is 0 Å². The van der Waals surface area contributed by atoms with Crippen LogP contribution in [0.4, 0.5) is 22.0 Å². The number of halogens is 5. The molecule has 0 saturated heterocycles. The molecule has 0 N–H and O–H groups in total. The molecule has 0 saturated carbocycles. The Morgan fingerprint density at radius 2 is 1.88 bits per heavy atom. The molecule has 16 heavy (non-hydrogen) atoms. The maximum Gasteiger partial charge on any atom is 0.433 e. The fourth-order valence-electron chi connectivity index (χ4n) is 1.25. The van der Waals surface area contributed by atoms with E-state index in [0.29, 0.717) is 0 Å². The quantitative estimate of drug-likeness (QED) is 0.740. The van der Waals surface area contributed by atoms with E-state index >= 15 is 0 Å². The van der Waals surface area contributed by atoms with Gasteiger partial charge < -0.3 is 4.74 Å². The zero-order chi connectivity index (χ0) is 12.5. The topological polar surface area (TPSA) is 22.1 Å². The van der Waals surface area contributed by atoms with E-state index in [-0.39, 0.29) is 5.69 Å². The number of nitrogens with zero attached hydrogens (tertiary/aromatic N) is 1. The number of hydrogen-bond donors (Lipinski definition) is 0. The van der Waals surface area contributed by atoms with Gasteiger partial charge in [-0.2, -0.15) is 13.2 Å². The minimum absolute atomic E-state index is 0.0337. The molecule has 0 fully saturated rings. The van der Waals surface area contributed by atoms with Gasteiger partial charge in [-0.3, -0.25) is 0 Å². The molecule has 1 aromatic heterocycles. The van der Waals surface area contributed by atoms with Gasteiger partial charge in [-0.05, 0) is 6.92 Å². The fourth-order valence-corrected chi connectivity index (χ4v) is 1.25. The lowest BCUT2D eigenvalue weighted by atomic mass is 10.1. The molecule has 2 nitrogen and oxygen atoms in total. The summed E-state index contributed by atoms with van der Waals surface area (Å²) in [5.74, 6) is -0.505. The summed E-state index contributed by atoms with van der Waals surface area (Å²) in [6.07, 6.45) is -8.22. The van der Waals surface area contributed by atoms with Crippen molar-refractivity contribution in [3.8, 4) is 5.75 Å². The summed E-state index contributed by atoms with van der Waals surface area (Å²) in [5, 5.41) is 0. The third kappa shape index (κ3) is 2.40. The maximum absolute atomic E-state index is 12.5. The average molecular weight is 241 g/mol. The van der Waals surface area contributed by atoms with Crippen molar-refractivity contribution in [3.63, 3.8) is 0 Å². The SMILES string of the molecule is COc1cc(C)nc(C(F)(F)F)c1C(F)F. The first-order valence-electron chi connectivity index (χ1n) is 4.18. The molecule has 0 aliphatic rings. The molecular weight excluding hydrogens is 233 g/mol. The second-order valence-corrected chi connectivity index (χ2v) is 3.03. The Morgan fingerprint density at radius 3 is 2.25 bits per heavy atom. The summed E-state index contributed by atoms with van der Waals surface area (Å²) >= 11 is 0. The predicted octanol–water partition coefficient (Wildman–Crippen LogP) is 3.36. The van der Waals surface area contributed by atoms with Crippen LogP contribution in [0.5, 0.6) is 5.75 Å². The van der Waals surface area contributed by atoms with Crippen molar-refractivity contribution in [1.29, 1.82) is 0 Å². The third-order valence-corrected chi connectivity index (χ3v) is 1.86. The molecular formula is C9H8F5NO. The van der Waals surface area contributed by atoms with Crippen molar-refractivity contribution in [1.82, 2.24) is 4.98 Å². The van der Waals surface area contributed by atoms with Crippen molar-refractivity contribution in [2.45, 2.75) is 19.5 Å². The smallest absolute Gasteiger partial charge is 0.433 e. The van der Waals surface area contributed by atoms with Crippen LogP contribution in [0.25, 0.3) is 0 Å². The molecule has 0 aliphatic heterocycles. The molecule has 1 heterocycles. The largest absolute Gasteiger partial charge is 0.496 e. The minimum atomic E-state index is -4.93. The number of alkyl halides is 5. The van der Waals surface area contributed by atoms with E-state index in [2.05, 4.69) is 9.72 Å². The summed E-state index contributed by atoms with van der Waals surface area (Å²) in [7, 11) is 1.03. The van der Waals surface area contributed by atoms with Crippen LogP contribution in [-0.4, -0.2) is 12.1 Å². The van der Waals surface area contributed by atoms with Crippen LogP contribution in [0, 0.1) is 6.92 Å². The number of pyridine rings is 1. The van der Waals surface area contributed by atoms with Crippen LogP contribution in [0.15, 0.2) is 6.07 Å². The third-order valence-electron chi connectivity index (χ3n) is 1.86. The Morgan fingerprint density at radius 1 is 1.31 bits per heavy atom. The summed E-state index contributed by atoms with van der Waals surface area (Å²) in [5.41, 5.74) is -2.85. The lowest BCUT2D eigenvalue weighted by molar-refractivity contribution is -0.143. The second kappa shape index (κ2) is 4.23. The van der Waals surface area contributed by atoms with E-state index in [1.807, 2.05) is 0 Å². The molecule has 0 radical (unpaired) electrons. The average Bonchev–Trinajstić information content (AvgIpc) is 2.14. The van der Waals surface area contributed by atoms with Gasteiger partial charge in [0.15, 0.2) is 5.69 Å². The highest BCUT2D eigenvalue weighted by molar-refractivity contribution is 5.40. The number of ether oxygens (including phenoxy) is 1. The monoisotopic (exact) mass is 241 g/mol. The normalized spacial score (nSPS) is 12.0. The first kappa shape index (κ1) is 12.7. The number of rotatable bonds is 2. The highest BCUT2D eigenvalue weighted by atomic mass is 19.4. The first-order valence-corrected chi connectivity index (χ1v) is 4.18. The Labute approximate surface area is 88.1 Å². The van der Waals surface area contributed by atoms with Gasteiger partial charge in [0.1, 0.15) is 5.75 Å². The van der Waals surface area contributed by atoms with E-state index in [4.69, 9.17) is 0 Å². The molecule has 0 amide bonds. The predicted molar refractivity (Wildman–Crippen MR) is 45.5 cm³/mol. The number of methoxy groups -OCH3 is 1. The number of hydrogen-bond acceptors (Lipinski definition) is 2. The van der Waals surface area contributed by atoms with Crippen molar-refractivity contribution < 1.29 is 26.7 Å². The molecule has 0 aromatic carbocycles. The fraction of sp³-hybridized carbons (Fsp3) is 0.444. The van der Waals surface area contributed by atoms with Crippen LogP contribution in [0.1, 0.15) is 23.4 Å². The molecule has 7 heteroatoms. The lowest BCUT2D eigenvalue weighted by Gasteiger charge is -2.15. The van der Waals surface area contributed by atoms with E-state index in [9.17, 15) is 22.0 Å². The summed E-state index contributed by atoms with van der Waals surface area (Å²) < 4.78 is 66.9. The highest BCUT2D eigenvalue weighted by Crippen LogP contribution is 2.39. The molecule has 0 aliphatic carbocycles. The van der Waals surface area contributed by atoms with E-state index in [0.717, 1.165) is 13.2 Å². The Bertz CT molecular complexity index is 388. The summed E-state index contributed by atoms with van der Waals surface area (Å²) in [6.45, 7) is 1.27. The van der Waals surface area contributed by atoms with Gasteiger partial charge in [-0.25, -0.2) is 13.8 Å². The molecule has 90 valence electrons. The van der Waals surface area contributed by atoms with Crippen molar-refractivity contribution >= 4 is 0 Å². The number of aromatic nitrogens is 1. The zero-order valence-electron chi connectivity index (χ0n) is 8.40. The van der Waals surface area contributed by atoms with Gasteiger partial charge in [-0.1, -0.05) is 0 Å². The van der Waals surface area contributed by atoms with Gasteiger partial charge in [0, 0.05) is 11.8 Å². The van der Waals surface area contributed by atoms with E-state index in [1.165, 1.54) is 6.92 Å². The summed E-state index contributed by atoms with van der Waals surface area (Å²) in [4.78, 5) is 3.09. The Hall–Kier alpha value is -1.40. The Balaban J connectivity index is 3.51. The minimum Gasteiger partial charge on any atom is -0.496 e. The van der Waals surface area contributed by atoms with Crippen molar-refractivity contribution in [3.05, 3.63) is 23.0 Å². The van der Waals surface area contributed by atoms with Crippen LogP contribution in [0.2, 0.25) is 0 Å². The van der Waals surface area contributed by atoms with E-state index < -0.39 is 29.6 Å². The molecule has 0 bridgehead atoms. The molecule has 1 aromatic rings.